The lowest BCUT2D eigenvalue weighted by Gasteiger charge is -2.34. The van der Waals surface area contributed by atoms with Crippen LogP contribution in [-0.4, -0.2) is 42.0 Å². The van der Waals surface area contributed by atoms with Gasteiger partial charge in [0.25, 0.3) is 0 Å². The van der Waals surface area contributed by atoms with Crippen LogP contribution in [0.1, 0.15) is 12.8 Å². The molecule has 1 aliphatic carbocycles. The van der Waals surface area contributed by atoms with Crippen molar-refractivity contribution in [2.45, 2.75) is 23.8 Å². The van der Waals surface area contributed by atoms with Gasteiger partial charge in [-0.1, -0.05) is 12.1 Å². The number of benzene rings is 1. The van der Waals surface area contributed by atoms with Crippen LogP contribution in [0.15, 0.2) is 29.2 Å². The fourth-order valence-electron chi connectivity index (χ4n) is 2.25. The van der Waals surface area contributed by atoms with Crippen LogP contribution >= 0.6 is 11.8 Å². The number of hydrogen-bond acceptors (Lipinski definition) is 3. The SMILES string of the molecule is CN(CCSc1ccccc1F)CC1CC(O)C1. The van der Waals surface area contributed by atoms with Gasteiger partial charge >= 0.3 is 0 Å². The van der Waals surface area contributed by atoms with Gasteiger partial charge in [0.15, 0.2) is 0 Å². The van der Waals surface area contributed by atoms with E-state index in [1.54, 1.807) is 17.8 Å². The topological polar surface area (TPSA) is 23.5 Å². The third kappa shape index (κ3) is 3.97. The molecule has 100 valence electrons. The molecule has 18 heavy (non-hydrogen) atoms. The Morgan fingerprint density at radius 1 is 1.39 bits per heavy atom. The lowest BCUT2D eigenvalue weighted by atomic mass is 9.82. The smallest absolute Gasteiger partial charge is 0.136 e. The largest absolute Gasteiger partial charge is 0.393 e. The van der Waals surface area contributed by atoms with E-state index in [1.807, 2.05) is 12.1 Å². The number of rotatable bonds is 6. The van der Waals surface area contributed by atoms with E-state index in [1.165, 1.54) is 6.07 Å². The molecule has 1 saturated carbocycles. The molecule has 0 aromatic heterocycles. The van der Waals surface area contributed by atoms with E-state index in [-0.39, 0.29) is 11.9 Å². The zero-order chi connectivity index (χ0) is 13.0. The first-order chi connectivity index (χ1) is 8.65. The van der Waals surface area contributed by atoms with E-state index in [0.29, 0.717) is 5.92 Å². The standard InChI is InChI=1S/C14H20FNOS/c1-16(10-11-8-12(17)9-11)6-7-18-14-5-3-2-4-13(14)15/h2-5,11-12,17H,6-10H2,1H3. The van der Waals surface area contributed by atoms with Crippen molar-refractivity contribution >= 4 is 11.8 Å². The Labute approximate surface area is 112 Å². The Bertz CT molecular complexity index is 382. The molecule has 1 aromatic carbocycles. The maximum atomic E-state index is 13.4. The number of nitrogens with zero attached hydrogens (tertiary/aromatic N) is 1. The van der Waals surface area contributed by atoms with E-state index < -0.39 is 0 Å². The van der Waals surface area contributed by atoms with Gasteiger partial charge in [-0.05, 0) is 37.9 Å². The van der Waals surface area contributed by atoms with Crippen LogP contribution in [0.25, 0.3) is 0 Å². The van der Waals surface area contributed by atoms with Gasteiger partial charge in [0.05, 0.1) is 6.10 Å². The average Bonchev–Trinajstić information content (AvgIpc) is 2.30. The molecule has 1 aliphatic rings. The summed E-state index contributed by atoms with van der Waals surface area (Å²) in [5.74, 6) is 1.41. The molecular weight excluding hydrogens is 249 g/mol. The first-order valence-corrected chi connectivity index (χ1v) is 7.37. The molecule has 0 bridgehead atoms. The van der Waals surface area contributed by atoms with Gasteiger partial charge in [0.1, 0.15) is 5.82 Å². The van der Waals surface area contributed by atoms with Crippen molar-refractivity contribution in [3.63, 3.8) is 0 Å². The Morgan fingerprint density at radius 3 is 2.78 bits per heavy atom. The second kappa shape index (κ2) is 6.55. The minimum Gasteiger partial charge on any atom is -0.393 e. The molecule has 0 saturated heterocycles. The number of hydrogen-bond donors (Lipinski definition) is 1. The summed E-state index contributed by atoms with van der Waals surface area (Å²) in [5.41, 5.74) is 0. The van der Waals surface area contributed by atoms with E-state index >= 15 is 0 Å². The molecule has 1 N–H and O–H groups in total. The molecule has 0 radical (unpaired) electrons. The fraction of sp³-hybridized carbons (Fsp3) is 0.571. The van der Waals surface area contributed by atoms with E-state index in [9.17, 15) is 9.50 Å². The van der Waals surface area contributed by atoms with Crippen LogP contribution in [-0.2, 0) is 0 Å². The van der Waals surface area contributed by atoms with Gasteiger partial charge in [-0.3, -0.25) is 0 Å². The van der Waals surface area contributed by atoms with Crippen molar-refractivity contribution in [1.82, 2.24) is 4.90 Å². The van der Waals surface area contributed by atoms with E-state index in [4.69, 9.17) is 0 Å². The summed E-state index contributed by atoms with van der Waals surface area (Å²) in [4.78, 5) is 3.00. The molecule has 0 spiro atoms. The third-order valence-electron chi connectivity index (χ3n) is 3.35. The van der Waals surface area contributed by atoms with E-state index in [0.717, 1.165) is 36.6 Å². The zero-order valence-electron chi connectivity index (χ0n) is 10.7. The minimum absolute atomic E-state index is 0.0730. The van der Waals surface area contributed by atoms with Crippen molar-refractivity contribution in [2.75, 3.05) is 25.9 Å². The third-order valence-corrected chi connectivity index (χ3v) is 4.38. The van der Waals surface area contributed by atoms with Crippen molar-refractivity contribution in [2.24, 2.45) is 5.92 Å². The van der Waals surface area contributed by atoms with Gasteiger partial charge in [-0.15, -0.1) is 11.8 Å². The average molecular weight is 269 g/mol. The van der Waals surface area contributed by atoms with Crippen LogP contribution in [0.3, 0.4) is 0 Å². The maximum Gasteiger partial charge on any atom is 0.136 e. The quantitative estimate of drug-likeness (QED) is 0.803. The minimum atomic E-state index is -0.132. The zero-order valence-corrected chi connectivity index (χ0v) is 11.5. The maximum absolute atomic E-state index is 13.4. The molecule has 0 aliphatic heterocycles. The second-order valence-corrected chi connectivity index (χ2v) is 6.17. The molecule has 0 atom stereocenters. The fourth-order valence-corrected chi connectivity index (χ4v) is 3.26. The summed E-state index contributed by atoms with van der Waals surface area (Å²) >= 11 is 1.56. The van der Waals surface area contributed by atoms with Crippen LogP contribution in [0.5, 0.6) is 0 Å². The lowest BCUT2D eigenvalue weighted by Crippen LogP contribution is -2.37. The highest BCUT2D eigenvalue weighted by Crippen LogP contribution is 2.27. The summed E-state index contributed by atoms with van der Waals surface area (Å²) in [5, 5.41) is 9.22. The van der Waals surface area contributed by atoms with Gasteiger partial charge in [-0.25, -0.2) is 4.39 Å². The monoisotopic (exact) mass is 269 g/mol. The van der Waals surface area contributed by atoms with Gasteiger partial charge < -0.3 is 10.0 Å². The van der Waals surface area contributed by atoms with Crippen LogP contribution in [0.2, 0.25) is 0 Å². The van der Waals surface area contributed by atoms with Crippen molar-refractivity contribution < 1.29 is 9.50 Å². The van der Waals surface area contributed by atoms with Crippen molar-refractivity contribution in [1.29, 1.82) is 0 Å². The van der Waals surface area contributed by atoms with Crippen LogP contribution in [0.4, 0.5) is 4.39 Å². The lowest BCUT2D eigenvalue weighted by molar-refractivity contribution is 0.0292. The van der Waals surface area contributed by atoms with Crippen LogP contribution in [0, 0.1) is 11.7 Å². The predicted molar refractivity (Wildman–Crippen MR) is 73.4 cm³/mol. The Kier molecular flexibility index (Phi) is 5.03. The Hall–Kier alpha value is -0.580. The number of thioether (sulfide) groups is 1. The molecule has 4 heteroatoms. The normalized spacial score (nSPS) is 23.1. The van der Waals surface area contributed by atoms with Gasteiger partial charge in [0.2, 0.25) is 0 Å². The van der Waals surface area contributed by atoms with E-state index in [2.05, 4.69) is 11.9 Å². The first-order valence-electron chi connectivity index (χ1n) is 6.39. The number of aliphatic hydroxyl groups excluding tert-OH is 1. The van der Waals surface area contributed by atoms with Crippen molar-refractivity contribution in [3.05, 3.63) is 30.1 Å². The van der Waals surface area contributed by atoms with Crippen molar-refractivity contribution in [3.8, 4) is 0 Å². The highest BCUT2D eigenvalue weighted by molar-refractivity contribution is 7.99. The van der Waals surface area contributed by atoms with Crippen LogP contribution < -0.4 is 0 Å². The summed E-state index contributed by atoms with van der Waals surface area (Å²) in [6.07, 6.45) is 1.80. The molecule has 0 amide bonds. The summed E-state index contributed by atoms with van der Waals surface area (Å²) in [6.45, 7) is 1.99. The number of halogens is 1. The first kappa shape index (κ1) is 13.8. The number of aliphatic hydroxyl groups is 1. The highest BCUT2D eigenvalue weighted by Gasteiger charge is 2.27. The summed E-state index contributed by atoms with van der Waals surface area (Å²) in [7, 11) is 2.09. The second-order valence-electron chi connectivity index (χ2n) is 5.03. The summed E-state index contributed by atoms with van der Waals surface area (Å²) in [6, 6.07) is 6.91. The Balaban J connectivity index is 1.64. The molecule has 2 nitrogen and oxygen atoms in total. The van der Waals surface area contributed by atoms with Gasteiger partial charge in [0, 0.05) is 23.7 Å². The molecule has 2 rings (SSSR count). The summed E-state index contributed by atoms with van der Waals surface area (Å²) < 4.78 is 13.4. The predicted octanol–water partition coefficient (Wildman–Crippen LogP) is 2.62. The molecule has 0 heterocycles. The molecule has 0 unspecified atom stereocenters. The molecule has 1 fully saturated rings. The molecule has 1 aromatic rings. The molecular formula is C14H20FNOS. The highest BCUT2D eigenvalue weighted by atomic mass is 32.2. The van der Waals surface area contributed by atoms with Gasteiger partial charge in [-0.2, -0.15) is 0 Å². The Morgan fingerprint density at radius 2 is 2.11 bits per heavy atom.